The molecule has 0 aliphatic rings. The molecular weight excluding hydrogens is 278 g/mol. The SMILES string of the molecule is N#C/C(=C\c1ccccc1C(=O)O)c1nc2ccccc2[nH]1. The van der Waals surface area contributed by atoms with E-state index in [9.17, 15) is 15.2 Å². The zero-order valence-corrected chi connectivity index (χ0v) is 11.4. The van der Waals surface area contributed by atoms with Gasteiger partial charge >= 0.3 is 5.97 Å². The Morgan fingerprint density at radius 3 is 2.64 bits per heavy atom. The number of rotatable bonds is 3. The Kier molecular flexibility index (Phi) is 3.42. The van der Waals surface area contributed by atoms with Gasteiger partial charge in [-0.3, -0.25) is 0 Å². The summed E-state index contributed by atoms with van der Waals surface area (Å²) < 4.78 is 0. The molecule has 1 heterocycles. The highest BCUT2D eigenvalue weighted by Gasteiger charge is 2.11. The lowest BCUT2D eigenvalue weighted by Gasteiger charge is -2.01. The number of carboxylic acids is 1. The van der Waals surface area contributed by atoms with Crippen LogP contribution in [0.15, 0.2) is 48.5 Å². The Morgan fingerprint density at radius 1 is 1.18 bits per heavy atom. The van der Waals surface area contributed by atoms with Crippen molar-refractivity contribution in [2.75, 3.05) is 0 Å². The highest BCUT2D eigenvalue weighted by atomic mass is 16.4. The number of aromatic carboxylic acids is 1. The summed E-state index contributed by atoms with van der Waals surface area (Å²) in [6, 6.07) is 16.0. The molecule has 106 valence electrons. The Labute approximate surface area is 126 Å². The van der Waals surface area contributed by atoms with Gasteiger partial charge in [-0.25, -0.2) is 9.78 Å². The molecule has 5 heteroatoms. The van der Waals surface area contributed by atoms with Crippen molar-refractivity contribution in [1.29, 1.82) is 5.26 Å². The van der Waals surface area contributed by atoms with E-state index in [1.54, 1.807) is 18.2 Å². The van der Waals surface area contributed by atoms with E-state index in [1.807, 2.05) is 24.3 Å². The monoisotopic (exact) mass is 289 g/mol. The Balaban J connectivity index is 2.12. The molecule has 0 bridgehead atoms. The lowest BCUT2D eigenvalue weighted by Crippen LogP contribution is -1.99. The molecule has 22 heavy (non-hydrogen) atoms. The first kappa shape index (κ1) is 13.6. The predicted octanol–water partition coefficient (Wildman–Crippen LogP) is 3.33. The summed E-state index contributed by atoms with van der Waals surface area (Å²) in [5, 5.41) is 18.6. The van der Waals surface area contributed by atoms with Gasteiger partial charge < -0.3 is 10.1 Å². The van der Waals surface area contributed by atoms with Gasteiger partial charge in [-0.1, -0.05) is 30.3 Å². The molecule has 3 rings (SSSR count). The van der Waals surface area contributed by atoms with E-state index in [0.29, 0.717) is 11.4 Å². The number of carbonyl (C=O) groups is 1. The van der Waals surface area contributed by atoms with Crippen LogP contribution in [-0.2, 0) is 0 Å². The molecule has 1 aromatic heterocycles. The van der Waals surface area contributed by atoms with Crippen LogP contribution in [0.4, 0.5) is 0 Å². The largest absolute Gasteiger partial charge is 0.478 e. The number of benzene rings is 2. The number of aromatic amines is 1. The third kappa shape index (κ3) is 2.45. The van der Waals surface area contributed by atoms with Crippen molar-refractivity contribution in [1.82, 2.24) is 9.97 Å². The number of nitrogens with zero attached hydrogens (tertiary/aromatic N) is 2. The van der Waals surface area contributed by atoms with Crippen molar-refractivity contribution in [2.24, 2.45) is 0 Å². The zero-order chi connectivity index (χ0) is 15.5. The van der Waals surface area contributed by atoms with Gasteiger partial charge in [0.15, 0.2) is 0 Å². The van der Waals surface area contributed by atoms with E-state index in [-0.39, 0.29) is 11.1 Å². The number of hydrogen-bond donors (Lipinski definition) is 2. The van der Waals surface area contributed by atoms with Crippen molar-refractivity contribution >= 4 is 28.7 Å². The molecule has 5 nitrogen and oxygen atoms in total. The first-order valence-corrected chi connectivity index (χ1v) is 6.58. The molecular formula is C17H11N3O2. The molecule has 0 saturated heterocycles. The Bertz CT molecular complexity index is 899. The standard InChI is InChI=1S/C17H11N3O2/c18-10-12(9-11-5-1-2-6-13(11)17(21)22)16-19-14-7-3-4-8-15(14)20-16/h1-9H,(H,19,20)(H,21,22)/b12-9+. The summed E-state index contributed by atoms with van der Waals surface area (Å²) in [5.74, 6) is -0.613. The molecule has 2 aromatic carbocycles. The third-order valence-electron chi connectivity index (χ3n) is 3.26. The van der Waals surface area contributed by atoms with E-state index in [2.05, 4.69) is 16.0 Å². The average Bonchev–Trinajstić information content (AvgIpc) is 2.96. The van der Waals surface area contributed by atoms with Gasteiger partial charge in [0.25, 0.3) is 0 Å². The summed E-state index contributed by atoms with van der Waals surface area (Å²) in [6.45, 7) is 0. The van der Waals surface area contributed by atoms with Gasteiger partial charge in [-0.15, -0.1) is 0 Å². The van der Waals surface area contributed by atoms with Gasteiger partial charge in [0.2, 0.25) is 0 Å². The van der Waals surface area contributed by atoms with Crippen LogP contribution in [0.25, 0.3) is 22.7 Å². The lowest BCUT2D eigenvalue weighted by atomic mass is 10.0. The van der Waals surface area contributed by atoms with Gasteiger partial charge in [0.05, 0.1) is 22.2 Å². The number of H-pyrrole nitrogens is 1. The topological polar surface area (TPSA) is 89.8 Å². The number of hydrogen-bond acceptors (Lipinski definition) is 3. The number of carboxylic acid groups (broad SMARTS) is 1. The fourth-order valence-electron chi connectivity index (χ4n) is 2.21. The van der Waals surface area contributed by atoms with Gasteiger partial charge in [0.1, 0.15) is 11.9 Å². The van der Waals surface area contributed by atoms with Crippen LogP contribution in [-0.4, -0.2) is 21.0 Å². The maximum absolute atomic E-state index is 11.2. The minimum absolute atomic E-state index is 0.145. The van der Waals surface area contributed by atoms with Crippen molar-refractivity contribution in [3.05, 3.63) is 65.5 Å². The number of para-hydroxylation sites is 2. The molecule has 0 amide bonds. The average molecular weight is 289 g/mol. The molecule has 0 saturated carbocycles. The van der Waals surface area contributed by atoms with E-state index in [1.165, 1.54) is 12.1 Å². The van der Waals surface area contributed by atoms with Crippen LogP contribution < -0.4 is 0 Å². The molecule has 0 atom stereocenters. The third-order valence-corrected chi connectivity index (χ3v) is 3.26. The predicted molar refractivity (Wildman–Crippen MR) is 83.0 cm³/mol. The lowest BCUT2D eigenvalue weighted by molar-refractivity contribution is 0.0696. The minimum Gasteiger partial charge on any atom is -0.478 e. The second-order valence-corrected chi connectivity index (χ2v) is 4.66. The second-order valence-electron chi connectivity index (χ2n) is 4.66. The van der Waals surface area contributed by atoms with E-state index in [4.69, 9.17) is 0 Å². The Hall–Kier alpha value is -3.39. The number of nitriles is 1. The molecule has 3 aromatic rings. The number of imidazole rings is 1. The van der Waals surface area contributed by atoms with Crippen molar-refractivity contribution in [3.63, 3.8) is 0 Å². The summed E-state index contributed by atoms with van der Waals surface area (Å²) in [4.78, 5) is 18.7. The molecule has 0 unspecified atom stereocenters. The van der Waals surface area contributed by atoms with Gasteiger partial charge in [-0.05, 0) is 29.8 Å². The van der Waals surface area contributed by atoms with Crippen LogP contribution in [0.2, 0.25) is 0 Å². The Morgan fingerprint density at radius 2 is 1.91 bits per heavy atom. The summed E-state index contributed by atoms with van der Waals surface area (Å²) in [5.41, 5.74) is 2.47. The number of nitrogens with one attached hydrogen (secondary N) is 1. The van der Waals surface area contributed by atoms with Crippen LogP contribution >= 0.6 is 0 Å². The normalized spacial score (nSPS) is 11.3. The van der Waals surface area contributed by atoms with Crippen LogP contribution in [0.5, 0.6) is 0 Å². The molecule has 0 spiro atoms. The first-order valence-electron chi connectivity index (χ1n) is 6.58. The first-order chi connectivity index (χ1) is 10.7. The van der Waals surface area contributed by atoms with Crippen LogP contribution in [0.1, 0.15) is 21.7 Å². The number of fused-ring (bicyclic) bond motifs is 1. The summed E-state index contributed by atoms with van der Waals surface area (Å²) in [6.07, 6.45) is 1.53. The van der Waals surface area contributed by atoms with Crippen LogP contribution in [0, 0.1) is 11.3 Å². The zero-order valence-electron chi connectivity index (χ0n) is 11.4. The fraction of sp³-hybridized carbons (Fsp3) is 0. The molecule has 2 N–H and O–H groups in total. The number of allylic oxidation sites excluding steroid dienone is 1. The molecule has 0 aliphatic heterocycles. The molecule has 0 radical (unpaired) electrons. The maximum Gasteiger partial charge on any atom is 0.336 e. The van der Waals surface area contributed by atoms with Crippen molar-refractivity contribution in [3.8, 4) is 6.07 Å². The minimum atomic E-state index is -1.03. The highest BCUT2D eigenvalue weighted by molar-refractivity contribution is 5.97. The quantitative estimate of drug-likeness (QED) is 0.724. The van der Waals surface area contributed by atoms with Gasteiger partial charge in [0, 0.05) is 0 Å². The van der Waals surface area contributed by atoms with Crippen LogP contribution in [0.3, 0.4) is 0 Å². The van der Waals surface area contributed by atoms with Crippen molar-refractivity contribution < 1.29 is 9.90 Å². The summed E-state index contributed by atoms with van der Waals surface area (Å²) >= 11 is 0. The highest BCUT2D eigenvalue weighted by Crippen LogP contribution is 2.20. The molecule has 0 aliphatic carbocycles. The molecule has 0 fully saturated rings. The number of aromatic nitrogens is 2. The maximum atomic E-state index is 11.2. The van der Waals surface area contributed by atoms with Crippen molar-refractivity contribution in [2.45, 2.75) is 0 Å². The fourth-order valence-corrected chi connectivity index (χ4v) is 2.21. The summed E-state index contributed by atoms with van der Waals surface area (Å²) in [7, 11) is 0. The van der Waals surface area contributed by atoms with E-state index in [0.717, 1.165) is 11.0 Å². The van der Waals surface area contributed by atoms with E-state index >= 15 is 0 Å². The van der Waals surface area contributed by atoms with Gasteiger partial charge in [-0.2, -0.15) is 5.26 Å². The smallest absolute Gasteiger partial charge is 0.336 e. The van der Waals surface area contributed by atoms with E-state index < -0.39 is 5.97 Å². The second kappa shape index (κ2) is 5.54.